The van der Waals surface area contributed by atoms with Gasteiger partial charge < -0.3 is 15.6 Å². The number of nitro groups is 1. The quantitative estimate of drug-likeness (QED) is 0.575. The van der Waals surface area contributed by atoms with Gasteiger partial charge in [0.15, 0.2) is 0 Å². The van der Waals surface area contributed by atoms with E-state index in [4.69, 9.17) is 0 Å². The highest BCUT2D eigenvalue weighted by Crippen LogP contribution is 2.19. The molecule has 1 amide bonds. The molecule has 1 aromatic rings. The Hall–Kier alpha value is -1.60. The first-order valence-electron chi connectivity index (χ1n) is 5.86. The van der Waals surface area contributed by atoms with Crippen molar-refractivity contribution in [1.82, 2.24) is 15.6 Å². The van der Waals surface area contributed by atoms with Crippen LogP contribution in [0.25, 0.3) is 0 Å². The third-order valence-corrected chi connectivity index (χ3v) is 3.25. The number of nitrogens with zero attached hydrogens (tertiary/aromatic N) is 1. The average molecular weight is 289 g/mol. The number of halogens is 1. The Morgan fingerprint density at radius 1 is 1.47 bits per heavy atom. The van der Waals surface area contributed by atoms with E-state index in [1.807, 2.05) is 6.92 Å². The lowest BCUT2D eigenvalue weighted by Crippen LogP contribution is -2.52. The lowest BCUT2D eigenvalue weighted by atomic mass is 9.90. The molecule has 0 radical (unpaired) electrons. The molecule has 1 aliphatic rings. The maximum atomic E-state index is 12.0. The fourth-order valence-electron chi connectivity index (χ4n) is 2.06. The Morgan fingerprint density at radius 3 is 2.63 bits per heavy atom. The molecule has 19 heavy (non-hydrogen) atoms. The summed E-state index contributed by atoms with van der Waals surface area (Å²) in [6, 6.07) is 1.25. The van der Waals surface area contributed by atoms with E-state index in [-0.39, 0.29) is 35.2 Å². The zero-order valence-corrected chi connectivity index (χ0v) is 11.4. The number of amides is 1. The summed E-state index contributed by atoms with van der Waals surface area (Å²) in [5, 5.41) is 16.7. The van der Waals surface area contributed by atoms with E-state index >= 15 is 0 Å². The van der Waals surface area contributed by atoms with Gasteiger partial charge in [0.25, 0.3) is 11.6 Å². The summed E-state index contributed by atoms with van der Waals surface area (Å²) in [4.78, 5) is 24.6. The Labute approximate surface area is 116 Å². The smallest absolute Gasteiger partial charge is 0.287 e. The maximum Gasteiger partial charge on any atom is 0.287 e. The molecule has 106 valence electrons. The van der Waals surface area contributed by atoms with Gasteiger partial charge in [0.2, 0.25) is 0 Å². The largest absolute Gasteiger partial charge is 0.351 e. The van der Waals surface area contributed by atoms with E-state index in [2.05, 4.69) is 15.6 Å². The number of nitrogens with one attached hydrogen (secondary N) is 3. The second-order valence-electron chi connectivity index (χ2n) is 4.79. The van der Waals surface area contributed by atoms with Gasteiger partial charge in [0, 0.05) is 11.6 Å². The number of hydrogen-bond donors (Lipinski definition) is 3. The number of aromatic nitrogens is 1. The molecule has 1 aliphatic heterocycles. The highest BCUT2D eigenvalue weighted by Gasteiger charge is 2.29. The van der Waals surface area contributed by atoms with Crippen molar-refractivity contribution in [2.45, 2.75) is 25.3 Å². The van der Waals surface area contributed by atoms with E-state index in [9.17, 15) is 14.9 Å². The third kappa shape index (κ3) is 3.68. The highest BCUT2D eigenvalue weighted by molar-refractivity contribution is 5.93. The summed E-state index contributed by atoms with van der Waals surface area (Å²) >= 11 is 0. The standard InChI is InChI=1S/C11H16N4O3.ClH/c1-11(2-4-12-5-3-11)14-10(16)9-6-8(7-13-9)15(17)18;/h6-7,12-13H,2-5H2,1H3,(H,14,16);1H. The van der Waals surface area contributed by atoms with Crippen molar-refractivity contribution in [3.05, 3.63) is 28.1 Å². The number of H-pyrrole nitrogens is 1. The van der Waals surface area contributed by atoms with Crippen molar-refractivity contribution in [2.75, 3.05) is 13.1 Å². The molecule has 1 fully saturated rings. The van der Waals surface area contributed by atoms with E-state index < -0.39 is 4.92 Å². The van der Waals surface area contributed by atoms with Gasteiger partial charge >= 0.3 is 0 Å². The Kier molecular flexibility index (Phi) is 4.90. The molecule has 0 aromatic carbocycles. The SMILES string of the molecule is CC1(NC(=O)c2cc([N+](=O)[O-])c[nH]2)CCNCC1.Cl. The normalized spacial score (nSPS) is 17.3. The molecule has 0 unspecified atom stereocenters. The van der Waals surface area contributed by atoms with Gasteiger partial charge in [0.1, 0.15) is 5.69 Å². The summed E-state index contributed by atoms with van der Waals surface area (Å²) in [5.74, 6) is -0.299. The second-order valence-corrected chi connectivity index (χ2v) is 4.79. The van der Waals surface area contributed by atoms with Crippen LogP contribution < -0.4 is 10.6 Å². The first kappa shape index (κ1) is 15.5. The zero-order chi connectivity index (χ0) is 13.2. The van der Waals surface area contributed by atoms with Crippen LogP contribution in [0.2, 0.25) is 0 Å². The lowest BCUT2D eigenvalue weighted by Gasteiger charge is -2.34. The number of hydrogen-bond acceptors (Lipinski definition) is 4. The third-order valence-electron chi connectivity index (χ3n) is 3.25. The van der Waals surface area contributed by atoms with Crippen LogP contribution in [0.1, 0.15) is 30.3 Å². The Balaban J connectivity index is 0.00000180. The van der Waals surface area contributed by atoms with Crippen LogP contribution in [0.3, 0.4) is 0 Å². The first-order valence-corrected chi connectivity index (χ1v) is 5.86. The van der Waals surface area contributed by atoms with Gasteiger partial charge in [-0.3, -0.25) is 14.9 Å². The summed E-state index contributed by atoms with van der Waals surface area (Å²) in [5.41, 5.74) is -0.126. The summed E-state index contributed by atoms with van der Waals surface area (Å²) in [6.07, 6.45) is 2.92. The molecule has 0 saturated carbocycles. The molecule has 3 N–H and O–H groups in total. The van der Waals surface area contributed by atoms with E-state index in [0.29, 0.717) is 0 Å². The second kappa shape index (κ2) is 6.03. The van der Waals surface area contributed by atoms with Crippen molar-refractivity contribution in [3.63, 3.8) is 0 Å². The minimum atomic E-state index is -0.528. The first-order chi connectivity index (χ1) is 8.50. The minimum Gasteiger partial charge on any atom is -0.351 e. The number of carbonyl (C=O) groups excluding carboxylic acids is 1. The monoisotopic (exact) mass is 288 g/mol. The van der Waals surface area contributed by atoms with E-state index in [0.717, 1.165) is 25.9 Å². The lowest BCUT2D eigenvalue weighted by molar-refractivity contribution is -0.384. The topological polar surface area (TPSA) is 100 Å². The molecular weight excluding hydrogens is 272 g/mol. The molecule has 8 heteroatoms. The van der Waals surface area contributed by atoms with Crippen molar-refractivity contribution < 1.29 is 9.72 Å². The van der Waals surface area contributed by atoms with Gasteiger partial charge in [-0.25, -0.2) is 0 Å². The zero-order valence-electron chi connectivity index (χ0n) is 10.6. The number of rotatable bonds is 3. The number of piperidine rings is 1. The molecule has 2 rings (SSSR count). The van der Waals surface area contributed by atoms with Crippen molar-refractivity contribution in [2.24, 2.45) is 0 Å². The van der Waals surface area contributed by atoms with Crippen molar-refractivity contribution >= 4 is 24.0 Å². The van der Waals surface area contributed by atoms with Gasteiger partial charge in [0.05, 0.1) is 11.1 Å². The van der Waals surface area contributed by atoms with Gasteiger partial charge in [-0.15, -0.1) is 12.4 Å². The summed E-state index contributed by atoms with van der Waals surface area (Å²) in [6.45, 7) is 3.71. The van der Waals surface area contributed by atoms with Crippen LogP contribution in [0.15, 0.2) is 12.3 Å². The van der Waals surface area contributed by atoms with Crippen LogP contribution in [0.4, 0.5) is 5.69 Å². The van der Waals surface area contributed by atoms with Crippen LogP contribution in [0, 0.1) is 10.1 Å². The molecule has 2 heterocycles. The van der Waals surface area contributed by atoms with E-state index in [1.54, 1.807) is 0 Å². The van der Waals surface area contributed by atoms with Crippen molar-refractivity contribution in [1.29, 1.82) is 0 Å². The molecule has 1 saturated heterocycles. The van der Waals surface area contributed by atoms with Crippen LogP contribution in [0.5, 0.6) is 0 Å². The summed E-state index contributed by atoms with van der Waals surface area (Å²) < 4.78 is 0. The van der Waals surface area contributed by atoms with Crippen LogP contribution >= 0.6 is 12.4 Å². The minimum absolute atomic E-state index is 0. The van der Waals surface area contributed by atoms with Crippen LogP contribution in [-0.4, -0.2) is 34.4 Å². The maximum absolute atomic E-state index is 12.0. The molecule has 7 nitrogen and oxygen atoms in total. The molecule has 1 aromatic heterocycles. The highest BCUT2D eigenvalue weighted by atomic mass is 35.5. The number of aromatic amines is 1. The van der Waals surface area contributed by atoms with Crippen molar-refractivity contribution in [3.8, 4) is 0 Å². The molecule has 0 bridgehead atoms. The van der Waals surface area contributed by atoms with Gasteiger partial charge in [-0.1, -0.05) is 0 Å². The molecule has 0 aliphatic carbocycles. The Bertz CT molecular complexity index is 468. The summed E-state index contributed by atoms with van der Waals surface area (Å²) in [7, 11) is 0. The molecular formula is C11H17ClN4O3. The fraction of sp³-hybridized carbons (Fsp3) is 0.545. The predicted molar refractivity (Wildman–Crippen MR) is 72.7 cm³/mol. The van der Waals surface area contributed by atoms with Crippen LogP contribution in [-0.2, 0) is 0 Å². The average Bonchev–Trinajstić information content (AvgIpc) is 2.78. The molecule has 0 atom stereocenters. The van der Waals surface area contributed by atoms with E-state index in [1.165, 1.54) is 12.3 Å². The Morgan fingerprint density at radius 2 is 2.11 bits per heavy atom. The predicted octanol–water partition coefficient (Wildman–Crippen LogP) is 1.22. The fourth-order valence-corrected chi connectivity index (χ4v) is 2.06. The molecule has 0 spiro atoms. The van der Waals surface area contributed by atoms with Gasteiger partial charge in [-0.2, -0.15) is 0 Å². The van der Waals surface area contributed by atoms with Gasteiger partial charge in [-0.05, 0) is 32.9 Å². The number of carbonyl (C=O) groups is 1.